The number of thiophene rings is 1. The Hall–Kier alpha value is -2.13. The summed E-state index contributed by atoms with van der Waals surface area (Å²) < 4.78 is 6.43. The Morgan fingerprint density at radius 2 is 2.30 bits per heavy atom. The van der Waals surface area contributed by atoms with Crippen LogP contribution in [0.25, 0.3) is 10.2 Å². The summed E-state index contributed by atoms with van der Waals surface area (Å²) in [6.45, 7) is 3.52. The molecule has 3 rings (SSSR count). The standard InChI is InChI=1S/C14H14N4O3S2/c1-7-6-10(21-17-7)15-11(19)8(2)23-14-16-12-9(4-5-22-12)13(20)18(14)3/h4-6,8H,1-3H3,(H,15,19). The summed E-state index contributed by atoms with van der Waals surface area (Å²) in [6.07, 6.45) is 0. The van der Waals surface area contributed by atoms with Gasteiger partial charge in [0.25, 0.3) is 5.56 Å². The lowest BCUT2D eigenvalue weighted by molar-refractivity contribution is -0.115. The van der Waals surface area contributed by atoms with Crippen molar-refractivity contribution in [2.75, 3.05) is 5.32 Å². The van der Waals surface area contributed by atoms with E-state index in [-0.39, 0.29) is 11.5 Å². The second-order valence-corrected chi connectivity index (χ2v) is 7.18. The van der Waals surface area contributed by atoms with Crippen LogP contribution in [0.3, 0.4) is 0 Å². The van der Waals surface area contributed by atoms with Gasteiger partial charge in [-0.15, -0.1) is 11.3 Å². The zero-order chi connectivity index (χ0) is 16.6. The van der Waals surface area contributed by atoms with Gasteiger partial charge in [-0.25, -0.2) is 4.98 Å². The molecule has 9 heteroatoms. The first-order valence-electron chi connectivity index (χ1n) is 6.81. The fourth-order valence-corrected chi connectivity index (χ4v) is 3.62. The van der Waals surface area contributed by atoms with E-state index in [1.807, 2.05) is 5.38 Å². The average Bonchev–Trinajstić information content (AvgIpc) is 3.13. The quantitative estimate of drug-likeness (QED) is 0.574. The Morgan fingerprint density at radius 3 is 3.00 bits per heavy atom. The van der Waals surface area contributed by atoms with Gasteiger partial charge in [0, 0.05) is 13.1 Å². The minimum atomic E-state index is -0.448. The van der Waals surface area contributed by atoms with Crippen molar-refractivity contribution in [3.05, 3.63) is 33.6 Å². The maximum absolute atomic E-state index is 12.2. The van der Waals surface area contributed by atoms with Gasteiger partial charge in [0.2, 0.25) is 11.8 Å². The summed E-state index contributed by atoms with van der Waals surface area (Å²) in [5, 5.41) is 8.84. The van der Waals surface area contributed by atoms with Crippen molar-refractivity contribution in [1.82, 2.24) is 14.7 Å². The molecule has 3 heterocycles. The largest absolute Gasteiger partial charge is 0.338 e. The molecule has 0 aliphatic rings. The number of fused-ring (bicyclic) bond motifs is 1. The summed E-state index contributed by atoms with van der Waals surface area (Å²) in [5.74, 6) is 0.0576. The molecule has 1 N–H and O–H groups in total. The second kappa shape index (κ2) is 6.17. The lowest BCUT2D eigenvalue weighted by Gasteiger charge is -2.12. The summed E-state index contributed by atoms with van der Waals surface area (Å²) in [7, 11) is 1.65. The molecule has 0 aromatic carbocycles. The van der Waals surface area contributed by atoms with Crippen LogP contribution < -0.4 is 10.9 Å². The van der Waals surface area contributed by atoms with E-state index in [2.05, 4.69) is 15.5 Å². The van der Waals surface area contributed by atoms with E-state index >= 15 is 0 Å². The van der Waals surface area contributed by atoms with Gasteiger partial charge in [-0.2, -0.15) is 0 Å². The smallest absolute Gasteiger partial charge is 0.262 e. The zero-order valence-electron chi connectivity index (χ0n) is 12.7. The van der Waals surface area contributed by atoms with Crippen molar-refractivity contribution >= 4 is 45.1 Å². The van der Waals surface area contributed by atoms with E-state index in [1.165, 1.54) is 27.7 Å². The Balaban J connectivity index is 1.79. The predicted octanol–water partition coefficient (Wildman–Crippen LogP) is 2.41. The molecule has 1 unspecified atom stereocenters. The average molecular weight is 350 g/mol. The maximum Gasteiger partial charge on any atom is 0.262 e. The highest BCUT2D eigenvalue weighted by atomic mass is 32.2. The van der Waals surface area contributed by atoms with Gasteiger partial charge in [0.15, 0.2) is 5.16 Å². The fraction of sp³-hybridized carbons (Fsp3) is 0.286. The number of carbonyl (C=O) groups is 1. The minimum Gasteiger partial charge on any atom is -0.338 e. The van der Waals surface area contributed by atoms with Crippen molar-refractivity contribution < 1.29 is 9.32 Å². The van der Waals surface area contributed by atoms with Gasteiger partial charge < -0.3 is 4.52 Å². The molecule has 0 fully saturated rings. The van der Waals surface area contributed by atoms with E-state index in [0.29, 0.717) is 27.0 Å². The molecule has 0 aliphatic carbocycles. The van der Waals surface area contributed by atoms with Crippen LogP contribution in [-0.4, -0.2) is 25.9 Å². The first-order valence-corrected chi connectivity index (χ1v) is 8.56. The van der Waals surface area contributed by atoms with E-state index in [1.54, 1.807) is 33.0 Å². The van der Waals surface area contributed by atoms with Gasteiger partial charge >= 0.3 is 0 Å². The third-order valence-electron chi connectivity index (χ3n) is 3.19. The molecule has 0 radical (unpaired) electrons. The van der Waals surface area contributed by atoms with Crippen LogP contribution in [-0.2, 0) is 11.8 Å². The first-order chi connectivity index (χ1) is 11.0. The molecule has 0 saturated heterocycles. The van der Waals surface area contributed by atoms with Crippen LogP contribution >= 0.6 is 23.1 Å². The highest BCUT2D eigenvalue weighted by molar-refractivity contribution is 8.00. The predicted molar refractivity (Wildman–Crippen MR) is 90.0 cm³/mol. The summed E-state index contributed by atoms with van der Waals surface area (Å²) in [6, 6.07) is 3.40. The van der Waals surface area contributed by atoms with E-state index in [4.69, 9.17) is 4.52 Å². The van der Waals surface area contributed by atoms with Crippen molar-refractivity contribution in [2.24, 2.45) is 7.05 Å². The van der Waals surface area contributed by atoms with Crippen LogP contribution in [0.15, 0.2) is 32.0 Å². The first kappa shape index (κ1) is 15.8. The van der Waals surface area contributed by atoms with E-state index in [0.717, 1.165) is 0 Å². The molecular weight excluding hydrogens is 336 g/mol. The lowest BCUT2D eigenvalue weighted by Crippen LogP contribution is -2.25. The highest BCUT2D eigenvalue weighted by Crippen LogP contribution is 2.24. The van der Waals surface area contributed by atoms with Crippen molar-refractivity contribution in [3.8, 4) is 0 Å². The van der Waals surface area contributed by atoms with Crippen molar-refractivity contribution in [3.63, 3.8) is 0 Å². The number of nitrogens with one attached hydrogen (secondary N) is 1. The molecule has 0 spiro atoms. The van der Waals surface area contributed by atoms with Crippen LogP contribution in [0.2, 0.25) is 0 Å². The summed E-state index contributed by atoms with van der Waals surface area (Å²) in [5.41, 5.74) is 0.574. The molecule has 120 valence electrons. The molecular formula is C14H14N4O3S2. The minimum absolute atomic E-state index is 0.114. The monoisotopic (exact) mass is 350 g/mol. The second-order valence-electron chi connectivity index (χ2n) is 4.98. The SMILES string of the molecule is Cc1cc(NC(=O)C(C)Sc2nc3sccc3c(=O)n2C)on1. The summed E-state index contributed by atoms with van der Waals surface area (Å²) in [4.78, 5) is 29.6. The molecule has 23 heavy (non-hydrogen) atoms. The zero-order valence-corrected chi connectivity index (χ0v) is 14.3. The number of aromatic nitrogens is 3. The Kier molecular flexibility index (Phi) is 4.22. The molecule has 0 saturated carbocycles. The number of anilines is 1. The third-order valence-corrected chi connectivity index (χ3v) is 5.14. The van der Waals surface area contributed by atoms with Gasteiger partial charge in [-0.05, 0) is 25.3 Å². The van der Waals surface area contributed by atoms with E-state index < -0.39 is 5.25 Å². The van der Waals surface area contributed by atoms with Gasteiger partial charge in [0.05, 0.1) is 16.3 Å². The molecule has 3 aromatic rings. The van der Waals surface area contributed by atoms with Crippen LogP contribution in [0.1, 0.15) is 12.6 Å². The third kappa shape index (κ3) is 3.15. The highest BCUT2D eigenvalue weighted by Gasteiger charge is 2.19. The molecule has 7 nitrogen and oxygen atoms in total. The normalized spacial score (nSPS) is 12.5. The lowest BCUT2D eigenvalue weighted by atomic mass is 10.4. The molecule has 0 bridgehead atoms. The number of thioether (sulfide) groups is 1. The van der Waals surface area contributed by atoms with Crippen molar-refractivity contribution in [2.45, 2.75) is 24.3 Å². The van der Waals surface area contributed by atoms with Crippen LogP contribution in [0.5, 0.6) is 0 Å². The van der Waals surface area contributed by atoms with E-state index in [9.17, 15) is 9.59 Å². The number of hydrogen-bond acceptors (Lipinski definition) is 7. The van der Waals surface area contributed by atoms with Gasteiger partial charge in [0.1, 0.15) is 4.83 Å². The number of rotatable bonds is 4. The van der Waals surface area contributed by atoms with Gasteiger partial charge in [-0.1, -0.05) is 16.9 Å². The van der Waals surface area contributed by atoms with Crippen LogP contribution in [0, 0.1) is 6.92 Å². The Morgan fingerprint density at radius 1 is 1.52 bits per heavy atom. The fourth-order valence-electron chi connectivity index (χ4n) is 1.94. The number of amides is 1. The maximum atomic E-state index is 12.2. The molecule has 3 aromatic heterocycles. The van der Waals surface area contributed by atoms with Gasteiger partial charge in [-0.3, -0.25) is 19.5 Å². The number of aryl methyl sites for hydroxylation is 1. The molecule has 1 atom stereocenters. The summed E-state index contributed by atoms with van der Waals surface area (Å²) >= 11 is 2.62. The molecule has 0 aliphatic heterocycles. The number of carbonyl (C=O) groups excluding carboxylic acids is 1. The Bertz CT molecular complexity index is 928. The number of hydrogen-bond donors (Lipinski definition) is 1. The Labute approximate surface area is 139 Å². The van der Waals surface area contributed by atoms with Crippen LogP contribution in [0.4, 0.5) is 5.88 Å². The van der Waals surface area contributed by atoms with Crippen molar-refractivity contribution in [1.29, 1.82) is 0 Å². The number of nitrogens with zero attached hydrogens (tertiary/aromatic N) is 3. The molecule has 1 amide bonds. The topological polar surface area (TPSA) is 90.0 Å².